The number of fused-ring (bicyclic) bond motifs is 3. The fourth-order valence-corrected chi connectivity index (χ4v) is 8.42. The number of nitrogens with zero attached hydrogens (tertiary/aromatic N) is 6. The lowest BCUT2D eigenvalue weighted by Crippen LogP contribution is -2.43. The van der Waals surface area contributed by atoms with Gasteiger partial charge >= 0.3 is 0 Å². The highest BCUT2D eigenvalue weighted by atomic mass is 32.1. The Labute approximate surface area is 222 Å². The minimum Gasteiger partial charge on any atom is -0.344 e. The van der Waals surface area contributed by atoms with Gasteiger partial charge in [0, 0.05) is 29.9 Å². The van der Waals surface area contributed by atoms with Gasteiger partial charge in [-0.05, 0) is 73.2 Å². The Morgan fingerprint density at radius 3 is 2.97 bits per heavy atom. The van der Waals surface area contributed by atoms with E-state index in [-0.39, 0.29) is 30.4 Å². The Hall–Kier alpha value is -3.14. The summed E-state index contributed by atoms with van der Waals surface area (Å²) in [6.45, 7) is 0.713. The number of thiophene rings is 2. The number of hydrogen-bond donors (Lipinski definition) is 2. The molecule has 1 saturated carbocycles. The molecule has 37 heavy (non-hydrogen) atoms. The Kier molecular flexibility index (Phi) is 6.09. The van der Waals surface area contributed by atoms with Crippen LogP contribution in [0, 0.1) is 17.2 Å². The van der Waals surface area contributed by atoms with Crippen molar-refractivity contribution >= 4 is 34.5 Å². The molecule has 12 heteroatoms. The third-order valence-electron chi connectivity index (χ3n) is 7.86. The lowest BCUT2D eigenvalue weighted by Gasteiger charge is -2.31. The van der Waals surface area contributed by atoms with E-state index >= 15 is 0 Å². The molecule has 2 N–H and O–H groups in total. The van der Waals surface area contributed by atoms with Crippen molar-refractivity contribution in [3.8, 4) is 6.07 Å². The van der Waals surface area contributed by atoms with Crippen LogP contribution in [0.15, 0.2) is 17.5 Å². The van der Waals surface area contributed by atoms with Gasteiger partial charge in [-0.2, -0.15) is 10.5 Å². The van der Waals surface area contributed by atoms with Crippen molar-refractivity contribution in [1.82, 2.24) is 35.7 Å². The van der Waals surface area contributed by atoms with Crippen molar-refractivity contribution in [3.05, 3.63) is 49.1 Å². The van der Waals surface area contributed by atoms with Crippen LogP contribution < -0.4 is 5.32 Å². The Bertz CT molecular complexity index is 1370. The smallest absolute Gasteiger partial charge is 0.263 e. The van der Waals surface area contributed by atoms with Gasteiger partial charge in [0.1, 0.15) is 6.04 Å². The number of hydrogen-bond acceptors (Lipinski definition) is 9. The molecule has 3 aromatic rings. The normalized spacial score (nSPS) is 25.5. The van der Waals surface area contributed by atoms with E-state index < -0.39 is 5.41 Å². The van der Waals surface area contributed by atoms with Crippen molar-refractivity contribution in [3.63, 3.8) is 0 Å². The van der Waals surface area contributed by atoms with Crippen LogP contribution >= 0.6 is 22.7 Å². The van der Waals surface area contributed by atoms with Gasteiger partial charge in [-0.3, -0.25) is 9.59 Å². The quantitative estimate of drug-likeness (QED) is 0.441. The average Bonchev–Trinajstić information content (AvgIpc) is 3.41. The van der Waals surface area contributed by atoms with Crippen LogP contribution in [0.1, 0.15) is 55.6 Å². The number of aromatic amines is 1. The molecular weight excluding hydrogens is 508 g/mol. The lowest BCUT2D eigenvalue weighted by molar-refractivity contribution is -0.131. The molecule has 3 aromatic heterocycles. The second kappa shape index (κ2) is 9.31. The third-order valence-corrected chi connectivity index (χ3v) is 10.2. The molecule has 10 nitrogen and oxygen atoms in total. The molecule has 0 spiro atoms. The van der Waals surface area contributed by atoms with Crippen molar-refractivity contribution in [1.29, 1.82) is 5.26 Å². The van der Waals surface area contributed by atoms with E-state index in [9.17, 15) is 14.9 Å². The molecule has 0 bridgehead atoms. The molecule has 4 atom stereocenters. The van der Waals surface area contributed by atoms with Crippen molar-refractivity contribution in [2.75, 3.05) is 27.2 Å². The van der Waals surface area contributed by atoms with Gasteiger partial charge in [0.15, 0.2) is 5.82 Å². The molecule has 0 aromatic carbocycles. The third kappa shape index (κ3) is 3.96. The highest BCUT2D eigenvalue weighted by Gasteiger charge is 2.54. The van der Waals surface area contributed by atoms with E-state index in [1.165, 1.54) is 16.2 Å². The van der Waals surface area contributed by atoms with Crippen LogP contribution in [0.2, 0.25) is 0 Å². The van der Waals surface area contributed by atoms with E-state index in [1.54, 1.807) is 35.2 Å². The molecule has 1 aliphatic heterocycles. The molecule has 2 amide bonds. The number of carbonyl (C=O) groups excluding carboxylic acids is 2. The monoisotopic (exact) mass is 536 g/mol. The van der Waals surface area contributed by atoms with E-state index in [0.29, 0.717) is 29.6 Å². The first kappa shape index (κ1) is 24.2. The van der Waals surface area contributed by atoms with Gasteiger partial charge in [0.25, 0.3) is 5.91 Å². The highest BCUT2D eigenvalue weighted by molar-refractivity contribution is 7.14. The Morgan fingerprint density at radius 2 is 2.22 bits per heavy atom. The van der Waals surface area contributed by atoms with Crippen LogP contribution in [0.5, 0.6) is 0 Å². The molecule has 0 radical (unpaired) electrons. The summed E-state index contributed by atoms with van der Waals surface area (Å²) in [6.07, 6.45) is 4.12. The second-order valence-electron chi connectivity index (χ2n) is 10.2. The van der Waals surface area contributed by atoms with Crippen LogP contribution in [0.25, 0.3) is 0 Å². The fourth-order valence-electron chi connectivity index (χ4n) is 6.00. The molecule has 1 unspecified atom stereocenters. The zero-order valence-corrected chi connectivity index (χ0v) is 22.4. The van der Waals surface area contributed by atoms with E-state index in [4.69, 9.17) is 0 Å². The van der Waals surface area contributed by atoms with Crippen molar-refractivity contribution in [2.45, 2.75) is 49.6 Å². The maximum atomic E-state index is 13.0. The van der Waals surface area contributed by atoms with Gasteiger partial charge < -0.3 is 15.1 Å². The molecule has 6 rings (SSSR count). The van der Waals surface area contributed by atoms with Crippen LogP contribution in [-0.2, 0) is 23.1 Å². The number of tetrazole rings is 1. The van der Waals surface area contributed by atoms with Gasteiger partial charge in [0.2, 0.25) is 5.91 Å². The molecule has 2 aliphatic carbocycles. The number of likely N-dealkylation sites (tertiary alicyclic amines) is 1. The maximum Gasteiger partial charge on any atom is 0.263 e. The van der Waals surface area contributed by atoms with Crippen LogP contribution in [0.3, 0.4) is 0 Å². The van der Waals surface area contributed by atoms with Gasteiger partial charge in [0.05, 0.1) is 22.9 Å². The Balaban J connectivity index is 1.31. The number of rotatable bonds is 7. The number of aromatic nitrogens is 4. The zero-order valence-electron chi connectivity index (χ0n) is 20.7. The van der Waals surface area contributed by atoms with Crippen LogP contribution in [0.4, 0.5) is 0 Å². The minimum absolute atomic E-state index is 0.0158. The summed E-state index contributed by atoms with van der Waals surface area (Å²) < 4.78 is 0. The first-order valence-electron chi connectivity index (χ1n) is 12.5. The summed E-state index contributed by atoms with van der Waals surface area (Å²) in [6, 6.07) is 6.38. The van der Waals surface area contributed by atoms with Crippen LogP contribution in [-0.4, -0.2) is 81.5 Å². The maximum absolute atomic E-state index is 13.0. The molecule has 2 fully saturated rings. The number of amides is 2. The van der Waals surface area contributed by atoms with E-state index in [0.717, 1.165) is 41.7 Å². The topological polar surface area (TPSA) is 131 Å². The minimum atomic E-state index is -0.690. The zero-order chi connectivity index (χ0) is 25.7. The lowest BCUT2D eigenvalue weighted by atomic mass is 9.75. The summed E-state index contributed by atoms with van der Waals surface area (Å²) in [5.74, 6) is 1.02. The molecule has 3 aliphatic rings. The number of aryl methyl sites for hydroxylation is 2. The average molecular weight is 537 g/mol. The number of carbonyl (C=O) groups is 2. The number of H-pyrrole nitrogens is 1. The predicted octanol–water partition coefficient (Wildman–Crippen LogP) is 1.95. The SMILES string of the molecule is CN(C)C(=O)c1cc2c(s1)C(CCNCC(=O)N1[C@H](C#N)C[C@@H]3C[C@@H]31)(c1nn[nH]n1)c1ccsc1CC2. The molecule has 192 valence electrons. The number of nitriles is 1. The number of piperidine rings is 1. The largest absolute Gasteiger partial charge is 0.344 e. The summed E-state index contributed by atoms with van der Waals surface area (Å²) in [4.78, 5) is 32.3. The first-order valence-corrected chi connectivity index (χ1v) is 14.2. The van der Waals surface area contributed by atoms with Gasteiger partial charge in [-0.1, -0.05) is 5.21 Å². The van der Waals surface area contributed by atoms with E-state index in [2.05, 4.69) is 43.5 Å². The predicted molar refractivity (Wildman–Crippen MR) is 138 cm³/mol. The molecule has 1 saturated heterocycles. The fraction of sp³-hybridized carbons (Fsp3) is 0.520. The first-order chi connectivity index (χ1) is 17.9. The van der Waals surface area contributed by atoms with Gasteiger partial charge in [-0.25, -0.2) is 0 Å². The highest BCUT2D eigenvalue weighted by Crippen LogP contribution is 2.50. The number of nitrogens with one attached hydrogen (secondary N) is 2. The van der Waals surface area contributed by atoms with Crippen molar-refractivity contribution in [2.24, 2.45) is 5.92 Å². The molecule has 4 heterocycles. The van der Waals surface area contributed by atoms with Gasteiger partial charge in [-0.15, -0.1) is 32.9 Å². The molecular formula is C25H28N8O2S2. The summed E-state index contributed by atoms with van der Waals surface area (Å²) in [7, 11) is 3.53. The standard InChI is InChI=1S/C25H28N8O2S2/c1-32(2)23(35)20-11-14-3-4-19-17(5-8-36-19)25(22(14)37-20,24-28-30-31-29-24)6-7-27-13-21(34)33-16(12-26)9-15-10-18(15)33/h5,8,11,15-16,18,27H,3-4,6-7,9-10,13H2,1-2H3,(H,28,29,30,31)/t15-,16+,18+,25?/m1/s1. The van der Waals surface area contributed by atoms with Crippen molar-refractivity contribution < 1.29 is 9.59 Å². The Morgan fingerprint density at radius 1 is 1.35 bits per heavy atom. The van der Waals surface area contributed by atoms with E-state index in [1.807, 2.05) is 6.07 Å². The summed E-state index contributed by atoms with van der Waals surface area (Å²) in [5, 5.41) is 30.4. The summed E-state index contributed by atoms with van der Waals surface area (Å²) >= 11 is 3.23. The second-order valence-corrected chi connectivity index (χ2v) is 12.3. The summed E-state index contributed by atoms with van der Waals surface area (Å²) in [5.41, 5.74) is 1.58.